The molecule has 0 amide bonds. The van der Waals surface area contributed by atoms with Crippen molar-refractivity contribution in [2.45, 2.75) is 240 Å². The zero-order chi connectivity index (χ0) is 39.2. The highest BCUT2D eigenvalue weighted by Crippen LogP contribution is 2.27. The molecule has 0 aromatic carbocycles. The molecule has 0 saturated carbocycles. The summed E-state index contributed by atoms with van der Waals surface area (Å²) in [5.41, 5.74) is 3.73. The topological polar surface area (TPSA) is 98.1 Å². The van der Waals surface area contributed by atoms with Gasteiger partial charge in [-0.05, 0) is 109 Å². The van der Waals surface area contributed by atoms with Crippen molar-refractivity contribution in [2.75, 3.05) is 26.2 Å². The Hall–Kier alpha value is -1.66. The van der Waals surface area contributed by atoms with E-state index >= 15 is 0 Å². The lowest BCUT2D eigenvalue weighted by atomic mass is 9.92. The molecule has 0 rings (SSSR count). The van der Waals surface area contributed by atoms with E-state index in [1.165, 1.54) is 127 Å². The minimum absolute atomic E-state index is 0.161. The fourth-order valence-corrected chi connectivity index (χ4v) is 7.75. The highest BCUT2D eigenvalue weighted by molar-refractivity contribution is 5.88. The van der Waals surface area contributed by atoms with Crippen molar-refractivity contribution in [3.8, 4) is 0 Å². The summed E-state index contributed by atoms with van der Waals surface area (Å²) in [6, 6.07) is 0. The SMILES string of the molecule is CCCCCCCC/C(CCCCCCC)=C(/CCCCN(CCCO)CCCC/C(C(=O)O)=C(\CCCCCCC)CCCCCCCC)C(=O)O. The van der Waals surface area contributed by atoms with Crippen LogP contribution in [0.3, 0.4) is 0 Å². The molecule has 53 heavy (non-hydrogen) atoms. The van der Waals surface area contributed by atoms with Crippen LogP contribution in [0.1, 0.15) is 240 Å². The number of nitrogens with zero attached hydrogens (tertiary/aromatic N) is 1. The average Bonchev–Trinajstić information content (AvgIpc) is 3.14. The molecule has 0 radical (unpaired) electrons. The van der Waals surface area contributed by atoms with Crippen molar-refractivity contribution >= 4 is 11.9 Å². The maximum atomic E-state index is 12.5. The lowest BCUT2D eigenvalue weighted by Gasteiger charge is -2.22. The summed E-state index contributed by atoms with van der Waals surface area (Å²) in [7, 11) is 0. The van der Waals surface area contributed by atoms with Crippen LogP contribution in [0.5, 0.6) is 0 Å². The van der Waals surface area contributed by atoms with E-state index in [1.54, 1.807) is 0 Å². The molecule has 0 saturated heterocycles. The summed E-state index contributed by atoms with van der Waals surface area (Å²) in [5, 5.41) is 30.1. The Balaban J connectivity index is 5.32. The first-order valence-electron chi connectivity index (χ1n) is 23.1. The van der Waals surface area contributed by atoms with Gasteiger partial charge in [0.1, 0.15) is 0 Å². The third kappa shape index (κ3) is 30.3. The first kappa shape index (κ1) is 51.3. The van der Waals surface area contributed by atoms with Crippen molar-refractivity contribution in [3.63, 3.8) is 0 Å². The average molecular weight is 748 g/mol. The molecule has 0 aliphatic rings. The van der Waals surface area contributed by atoms with E-state index < -0.39 is 11.9 Å². The molecule has 0 aliphatic heterocycles. The minimum atomic E-state index is -0.726. The fourth-order valence-electron chi connectivity index (χ4n) is 7.75. The van der Waals surface area contributed by atoms with Crippen LogP contribution in [0.4, 0.5) is 0 Å². The predicted octanol–water partition coefficient (Wildman–Crippen LogP) is 14.0. The summed E-state index contributed by atoms with van der Waals surface area (Å²) >= 11 is 0. The van der Waals surface area contributed by atoms with Gasteiger partial charge in [0.25, 0.3) is 0 Å². The van der Waals surface area contributed by atoms with E-state index in [-0.39, 0.29) is 6.61 Å². The fraction of sp³-hybridized carbons (Fsp3) is 0.872. The van der Waals surface area contributed by atoms with E-state index in [0.29, 0.717) is 24.0 Å². The number of allylic oxidation sites excluding steroid dienone is 2. The summed E-state index contributed by atoms with van der Waals surface area (Å²) < 4.78 is 0. The number of hydrogen-bond acceptors (Lipinski definition) is 4. The van der Waals surface area contributed by atoms with Crippen LogP contribution < -0.4 is 0 Å². The van der Waals surface area contributed by atoms with Crippen molar-refractivity contribution in [1.82, 2.24) is 4.90 Å². The number of unbranched alkanes of at least 4 members (excludes halogenated alkanes) is 20. The number of carboxylic acid groups (broad SMARTS) is 2. The van der Waals surface area contributed by atoms with Gasteiger partial charge in [0.15, 0.2) is 0 Å². The molecule has 0 unspecified atom stereocenters. The molecule has 0 fully saturated rings. The van der Waals surface area contributed by atoms with Gasteiger partial charge in [0.2, 0.25) is 0 Å². The summed E-state index contributed by atoms with van der Waals surface area (Å²) in [6.45, 7) is 11.7. The maximum absolute atomic E-state index is 12.5. The highest BCUT2D eigenvalue weighted by Gasteiger charge is 2.17. The minimum Gasteiger partial charge on any atom is -0.478 e. The molecular formula is C47H89NO5. The Morgan fingerprint density at radius 2 is 0.623 bits per heavy atom. The lowest BCUT2D eigenvalue weighted by Crippen LogP contribution is -2.28. The summed E-state index contributed by atoms with van der Waals surface area (Å²) in [4.78, 5) is 27.4. The van der Waals surface area contributed by atoms with Crippen molar-refractivity contribution in [3.05, 3.63) is 22.3 Å². The van der Waals surface area contributed by atoms with Gasteiger partial charge in [-0.1, -0.05) is 154 Å². The monoisotopic (exact) mass is 748 g/mol. The largest absolute Gasteiger partial charge is 0.478 e. The van der Waals surface area contributed by atoms with Crippen molar-refractivity contribution in [2.24, 2.45) is 0 Å². The van der Waals surface area contributed by atoms with E-state index in [0.717, 1.165) is 103 Å². The van der Waals surface area contributed by atoms with Crippen LogP contribution in [-0.2, 0) is 9.59 Å². The highest BCUT2D eigenvalue weighted by atomic mass is 16.4. The molecule has 0 bridgehead atoms. The van der Waals surface area contributed by atoms with E-state index in [1.807, 2.05) is 0 Å². The number of aliphatic hydroxyl groups excluding tert-OH is 1. The summed E-state index contributed by atoms with van der Waals surface area (Å²) in [5.74, 6) is -1.45. The quantitative estimate of drug-likeness (QED) is 0.0425. The van der Waals surface area contributed by atoms with Gasteiger partial charge in [-0.3, -0.25) is 0 Å². The Morgan fingerprint density at radius 1 is 0.358 bits per heavy atom. The van der Waals surface area contributed by atoms with Crippen molar-refractivity contribution in [1.29, 1.82) is 0 Å². The van der Waals surface area contributed by atoms with Gasteiger partial charge in [0, 0.05) is 24.3 Å². The normalized spacial score (nSPS) is 12.7. The molecule has 0 aromatic heterocycles. The first-order chi connectivity index (χ1) is 25.9. The molecule has 0 atom stereocenters. The van der Waals surface area contributed by atoms with Crippen LogP contribution in [-0.4, -0.2) is 58.4 Å². The number of carbonyl (C=O) groups is 2. The molecule has 0 heterocycles. The van der Waals surface area contributed by atoms with Crippen LogP contribution in [0.15, 0.2) is 22.3 Å². The van der Waals surface area contributed by atoms with E-state index in [2.05, 4.69) is 32.6 Å². The molecule has 0 aromatic rings. The molecule has 0 spiro atoms. The molecule has 312 valence electrons. The second-order valence-electron chi connectivity index (χ2n) is 16.0. The third-order valence-corrected chi connectivity index (χ3v) is 11.1. The standard InChI is InChI=1S/C47H89NO5/c1-5-9-13-17-21-25-34-42(32-23-19-15-11-7-3)44(46(50)51)36-27-29-38-48(40-31-41-49)39-30-28-37-45(47(52)53)43(33-24-20-16-12-8-4)35-26-22-18-14-10-6-2/h49H,5-41H2,1-4H3,(H,50,51)(H,52,53)/b44-42-,45-43-. The van der Waals surface area contributed by atoms with Crippen LogP contribution >= 0.6 is 0 Å². The van der Waals surface area contributed by atoms with Gasteiger partial charge in [-0.15, -0.1) is 0 Å². The van der Waals surface area contributed by atoms with Gasteiger partial charge in [0.05, 0.1) is 0 Å². The molecule has 3 N–H and O–H groups in total. The summed E-state index contributed by atoms with van der Waals surface area (Å²) in [6.07, 6.45) is 35.9. The van der Waals surface area contributed by atoms with Crippen LogP contribution in [0, 0.1) is 0 Å². The number of carboxylic acids is 2. The van der Waals surface area contributed by atoms with E-state index in [9.17, 15) is 24.9 Å². The number of aliphatic carboxylic acids is 2. The molecule has 6 nitrogen and oxygen atoms in total. The molecule has 6 heteroatoms. The smallest absolute Gasteiger partial charge is 0.331 e. The van der Waals surface area contributed by atoms with Gasteiger partial charge < -0.3 is 20.2 Å². The molecular weight excluding hydrogens is 659 g/mol. The Labute approximate surface area is 329 Å². The number of rotatable bonds is 41. The molecule has 0 aliphatic carbocycles. The Bertz CT molecular complexity index is 856. The van der Waals surface area contributed by atoms with E-state index in [4.69, 9.17) is 0 Å². The Morgan fingerprint density at radius 3 is 0.906 bits per heavy atom. The predicted molar refractivity (Wildman–Crippen MR) is 228 cm³/mol. The zero-order valence-corrected chi connectivity index (χ0v) is 35.8. The second-order valence-corrected chi connectivity index (χ2v) is 16.0. The second kappa shape index (κ2) is 38.6. The number of hydrogen-bond donors (Lipinski definition) is 3. The van der Waals surface area contributed by atoms with Crippen LogP contribution in [0.2, 0.25) is 0 Å². The third-order valence-electron chi connectivity index (χ3n) is 11.1. The van der Waals surface area contributed by atoms with Gasteiger partial charge >= 0.3 is 11.9 Å². The Kier molecular flexibility index (Phi) is 37.4. The maximum Gasteiger partial charge on any atom is 0.331 e. The number of aliphatic hydroxyl groups is 1. The van der Waals surface area contributed by atoms with Gasteiger partial charge in [-0.25, -0.2) is 9.59 Å². The van der Waals surface area contributed by atoms with Crippen LogP contribution in [0.25, 0.3) is 0 Å². The zero-order valence-electron chi connectivity index (χ0n) is 35.8. The lowest BCUT2D eigenvalue weighted by molar-refractivity contribution is -0.133. The first-order valence-corrected chi connectivity index (χ1v) is 23.1. The van der Waals surface area contributed by atoms with Crippen molar-refractivity contribution < 1.29 is 24.9 Å². The van der Waals surface area contributed by atoms with Gasteiger partial charge in [-0.2, -0.15) is 0 Å².